The second-order valence-electron chi connectivity index (χ2n) is 8.06. The fourth-order valence-electron chi connectivity index (χ4n) is 3.94. The van der Waals surface area contributed by atoms with Gasteiger partial charge in [0.25, 0.3) is 0 Å². The van der Waals surface area contributed by atoms with E-state index in [1.54, 1.807) is 43.5 Å². The summed E-state index contributed by atoms with van der Waals surface area (Å²) in [6, 6.07) is 15.2. The Morgan fingerprint density at radius 2 is 1.69 bits per heavy atom. The average Bonchev–Trinajstić information content (AvgIpc) is 3.31. The van der Waals surface area contributed by atoms with Crippen molar-refractivity contribution in [1.29, 1.82) is 0 Å². The molecule has 0 aliphatic heterocycles. The molecule has 0 radical (unpaired) electrons. The fraction of sp³-hybridized carbons (Fsp3) is 0.400. The molecule has 1 aliphatic carbocycles. The Balaban J connectivity index is 1.98. The molecule has 2 N–H and O–H groups in total. The third-order valence-corrected chi connectivity index (χ3v) is 5.64. The highest BCUT2D eigenvalue weighted by Gasteiger charge is 2.36. The first-order valence-electron chi connectivity index (χ1n) is 11.0. The summed E-state index contributed by atoms with van der Waals surface area (Å²) in [7, 11) is 1.55. The maximum absolute atomic E-state index is 13.5. The van der Waals surface area contributed by atoms with Gasteiger partial charge in [0, 0.05) is 25.4 Å². The van der Waals surface area contributed by atoms with E-state index in [0.717, 1.165) is 31.2 Å². The number of aryl methyl sites for hydroxylation is 1. The molecule has 0 unspecified atom stereocenters. The normalized spacial score (nSPS) is 14.6. The van der Waals surface area contributed by atoms with Gasteiger partial charge in [-0.15, -0.1) is 0 Å². The predicted molar refractivity (Wildman–Crippen MR) is 123 cm³/mol. The highest BCUT2D eigenvalue weighted by molar-refractivity contribution is 6.41. The largest absolute Gasteiger partial charge is 0.383 e. The van der Waals surface area contributed by atoms with Crippen LogP contribution in [0.3, 0.4) is 0 Å². The van der Waals surface area contributed by atoms with Gasteiger partial charge in [0.2, 0.25) is 5.91 Å². The van der Waals surface area contributed by atoms with Crippen molar-refractivity contribution >= 4 is 23.4 Å². The van der Waals surface area contributed by atoms with E-state index >= 15 is 0 Å². The minimum absolute atomic E-state index is 0.00276. The summed E-state index contributed by atoms with van der Waals surface area (Å²) in [6.45, 7) is 2.58. The number of nitrogens with zero attached hydrogens (tertiary/aromatic N) is 1. The number of nitrogens with one attached hydrogen (secondary N) is 2. The lowest BCUT2D eigenvalue weighted by atomic mass is 10.0. The molecule has 1 saturated carbocycles. The van der Waals surface area contributed by atoms with E-state index < -0.39 is 17.9 Å². The highest BCUT2D eigenvalue weighted by atomic mass is 16.5. The molecule has 7 nitrogen and oxygen atoms in total. The number of carbonyl (C=O) groups excluding carboxylic acids is 3. The summed E-state index contributed by atoms with van der Waals surface area (Å²) in [5, 5.41) is 5.68. The molecule has 1 fully saturated rings. The molecule has 3 rings (SSSR count). The number of carbonyl (C=O) groups is 3. The molecule has 170 valence electrons. The number of hydrogen-bond donors (Lipinski definition) is 2. The van der Waals surface area contributed by atoms with Crippen molar-refractivity contribution in [3.63, 3.8) is 0 Å². The summed E-state index contributed by atoms with van der Waals surface area (Å²) in [6.07, 6.45) is 3.80. The third-order valence-electron chi connectivity index (χ3n) is 5.64. The smallest absolute Gasteiger partial charge is 0.317 e. The molecule has 2 aromatic rings. The van der Waals surface area contributed by atoms with Crippen molar-refractivity contribution in [3.8, 4) is 0 Å². The van der Waals surface area contributed by atoms with Crippen molar-refractivity contribution in [2.24, 2.45) is 0 Å². The molecule has 7 heteroatoms. The zero-order valence-corrected chi connectivity index (χ0v) is 18.7. The number of rotatable bonds is 8. The van der Waals surface area contributed by atoms with Crippen LogP contribution in [0.15, 0.2) is 54.6 Å². The summed E-state index contributed by atoms with van der Waals surface area (Å²) in [5.74, 6) is -1.82. The molecule has 3 amide bonds. The van der Waals surface area contributed by atoms with Gasteiger partial charge in [-0.2, -0.15) is 0 Å². The van der Waals surface area contributed by atoms with Crippen LogP contribution < -0.4 is 15.5 Å². The van der Waals surface area contributed by atoms with Gasteiger partial charge in [-0.25, -0.2) is 0 Å². The van der Waals surface area contributed by atoms with Crippen LogP contribution in [0.25, 0.3) is 0 Å². The number of benzene rings is 2. The Morgan fingerprint density at radius 1 is 1.03 bits per heavy atom. The average molecular weight is 438 g/mol. The molecular weight excluding hydrogens is 406 g/mol. The summed E-state index contributed by atoms with van der Waals surface area (Å²) in [5.41, 5.74) is 2.11. The van der Waals surface area contributed by atoms with Crippen molar-refractivity contribution in [2.45, 2.75) is 44.7 Å². The van der Waals surface area contributed by atoms with Crippen LogP contribution in [0.2, 0.25) is 0 Å². The molecule has 2 aromatic carbocycles. The molecule has 0 saturated heterocycles. The predicted octanol–water partition coefficient (Wildman–Crippen LogP) is 2.89. The first-order valence-corrected chi connectivity index (χ1v) is 11.0. The van der Waals surface area contributed by atoms with Crippen molar-refractivity contribution in [3.05, 3.63) is 65.7 Å². The minimum Gasteiger partial charge on any atom is -0.383 e. The number of anilines is 1. The molecule has 0 spiro atoms. The Kier molecular flexibility index (Phi) is 8.39. The Hall–Kier alpha value is -3.19. The van der Waals surface area contributed by atoms with Gasteiger partial charge in [0.1, 0.15) is 6.04 Å². The topological polar surface area (TPSA) is 87.7 Å². The van der Waals surface area contributed by atoms with Crippen LogP contribution in [0.1, 0.15) is 42.9 Å². The number of methoxy groups -OCH3 is 1. The second kappa shape index (κ2) is 11.4. The molecule has 0 heterocycles. The second-order valence-corrected chi connectivity index (χ2v) is 8.06. The van der Waals surface area contributed by atoms with E-state index in [0.29, 0.717) is 24.4 Å². The van der Waals surface area contributed by atoms with Crippen LogP contribution in [0.4, 0.5) is 5.69 Å². The first-order chi connectivity index (χ1) is 15.5. The quantitative estimate of drug-likeness (QED) is 0.491. The van der Waals surface area contributed by atoms with Gasteiger partial charge < -0.3 is 15.4 Å². The van der Waals surface area contributed by atoms with E-state index in [1.165, 1.54) is 4.90 Å². The van der Waals surface area contributed by atoms with Gasteiger partial charge in [-0.3, -0.25) is 19.3 Å². The fourth-order valence-corrected chi connectivity index (χ4v) is 3.94. The van der Waals surface area contributed by atoms with Crippen LogP contribution in [0.5, 0.6) is 0 Å². The number of hydrogen-bond acceptors (Lipinski definition) is 4. The summed E-state index contributed by atoms with van der Waals surface area (Å²) < 4.78 is 5.04. The van der Waals surface area contributed by atoms with E-state index in [4.69, 9.17) is 4.74 Å². The molecule has 1 atom stereocenters. The van der Waals surface area contributed by atoms with Crippen molar-refractivity contribution < 1.29 is 19.1 Å². The van der Waals surface area contributed by atoms with Gasteiger partial charge in [0.05, 0.1) is 6.61 Å². The van der Waals surface area contributed by atoms with Crippen LogP contribution in [0, 0.1) is 6.92 Å². The monoisotopic (exact) mass is 437 g/mol. The minimum atomic E-state index is -1.00. The number of amides is 3. The van der Waals surface area contributed by atoms with Crippen molar-refractivity contribution in [1.82, 2.24) is 10.6 Å². The molecule has 0 bridgehead atoms. The molecule has 32 heavy (non-hydrogen) atoms. The van der Waals surface area contributed by atoms with E-state index in [2.05, 4.69) is 10.6 Å². The zero-order valence-electron chi connectivity index (χ0n) is 18.7. The Labute approximate surface area is 189 Å². The first kappa shape index (κ1) is 23.5. The van der Waals surface area contributed by atoms with Gasteiger partial charge >= 0.3 is 11.8 Å². The zero-order chi connectivity index (χ0) is 22.9. The lowest BCUT2D eigenvalue weighted by Gasteiger charge is -2.31. The Morgan fingerprint density at radius 3 is 2.31 bits per heavy atom. The van der Waals surface area contributed by atoms with E-state index in [9.17, 15) is 14.4 Å². The lowest BCUT2D eigenvalue weighted by Crippen LogP contribution is -2.51. The van der Waals surface area contributed by atoms with E-state index in [1.807, 2.05) is 25.1 Å². The van der Waals surface area contributed by atoms with Crippen LogP contribution in [-0.2, 0) is 19.1 Å². The van der Waals surface area contributed by atoms with E-state index in [-0.39, 0.29) is 11.9 Å². The molecule has 1 aliphatic rings. The van der Waals surface area contributed by atoms with Gasteiger partial charge in [0.15, 0.2) is 0 Å². The number of ether oxygens (including phenoxy) is 1. The third kappa shape index (κ3) is 5.95. The molecular formula is C25H31N3O4. The maximum Gasteiger partial charge on any atom is 0.317 e. The van der Waals surface area contributed by atoms with Gasteiger partial charge in [-0.05, 0) is 37.5 Å². The highest BCUT2D eigenvalue weighted by Crippen LogP contribution is 2.29. The van der Waals surface area contributed by atoms with Gasteiger partial charge in [-0.1, -0.05) is 60.9 Å². The summed E-state index contributed by atoms with van der Waals surface area (Å²) in [4.78, 5) is 41.0. The van der Waals surface area contributed by atoms with Crippen LogP contribution >= 0.6 is 0 Å². The van der Waals surface area contributed by atoms with Crippen molar-refractivity contribution in [2.75, 3.05) is 25.2 Å². The lowest BCUT2D eigenvalue weighted by molar-refractivity contribution is -0.139. The maximum atomic E-state index is 13.5. The summed E-state index contributed by atoms with van der Waals surface area (Å²) >= 11 is 0. The standard InChI is InChI=1S/C25H31N3O4/c1-18-12-14-21(15-13-18)28(25(31)24(30)27-20-10-6-7-11-20)22(19-8-4-3-5-9-19)23(29)26-16-17-32-2/h3-5,8-9,12-15,20,22H,6-7,10-11,16-17H2,1-2H3,(H,26,29)(H,27,30)/t22-/m0/s1. The molecule has 0 aromatic heterocycles. The van der Waals surface area contributed by atoms with Crippen LogP contribution in [-0.4, -0.2) is 44.0 Å². The SMILES string of the molecule is COCCNC(=O)[C@H](c1ccccc1)N(C(=O)C(=O)NC1CCCC1)c1ccc(C)cc1. The Bertz CT molecular complexity index is 909.